The van der Waals surface area contributed by atoms with Gasteiger partial charge < -0.3 is 5.11 Å². The summed E-state index contributed by atoms with van der Waals surface area (Å²) >= 11 is 0. The van der Waals surface area contributed by atoms with Gasteiger partial charge >= 0.3 is 5.97 Å². The molecule has 0 amide bonds. The van der Waals surface area contributed by atoms with Gasteiger partial charge in [0.15, 0.2) is 0 Å². The molecule has 18 heavy (non-hydrogen) atoms. The lowest BCUT2D eigenvalue weighted by Gasteiger charge is -2.41. The third-order valence-corrected chi connectivity index (χ3v) is 4.34. The van der Waals surface area contributed by atoms with Crippen LogP contribution in [0.4, 0.5) is 4.39 Å². The Morgan fingerprint density at radius 2 is 2.06 bits per heavy atom. The van der Waals surface area contributed by atoms with E-state index in [0.29, 0.717) is 11.5 Å². The highest BCUT2D eigenvalue weighted by atomic mass is 19.1. The molecule has 1 atom stereocenters. The number of halogens is 1. The highest BCUT2D eigenvalue weighted by molar-refractivity contribution is 5.76. The van der Waals surface area contributed by atoms with Crippen LogP contribution in [0.1, 0.15) is 31.4 Å². The van der Waals surface area contributed by atoms with Gasteiger partial charge in [-0.05, 0) is 43.4 Å². The summed E-state index contributed by atoms with van der Waals surface area (Å²) in [5.74, 6) is -0.549. The van der Waals surface area contributed by atoms with E-state index in [1.54, 1.807) is 12.1 Å². The number of nitrogens with zero attached hydrogens (tertiary/aromatic N) is 1. The number of benzene rings is 1. The first-order chi connectivity index (χ1) is 8.49. The molecule has 2 saturated heterocycles. The number of rotatable bonds is 3. The van der Waals surface area contributed by atoms with E-state index in [1.165, 1.54) is 12.1 Å². The van der Waals surface area contributed by atoms with Crippen molar-refractivity contribution in [1.82, 2.24) is 4.90 Å². The first-order valence-corrected chi connectivity index (χ1v) is 6.25. The summed E-state index contributed by atoms with van der Waals surface area (Å²) in [5.41, 5.74) is 0.680. The molecular weight excluding hydrogens is 233 g/mol. The zero-order valence-corrected chi connectivity index (χ0v) is 10.3. The average Bonchev–Trinajstić information content (AvgIpc) is 2.74. The van der Waals surface area contributed by atoms with Gasteiger partial charge in [-0.15, -0.1) is 0 Å². The highest BCUT2D eigenvalue weighted by Gasteiger charge is 2.56. The lowest BCUT2D eigenvalue weighted by atomic mass is 9.74. The number of carboxylic acid groups (broad SMARTS) is 1. The van der Waals surface area contributed by atoms with Crippen LogP contribution in [0, 0.1) is 11.7 Å². The molecule has 2 heterocycles. The van der Waals surface area contributed by atoms with Crippen molar-refractivity contribution in [2.45, 2.75) is 31.3 Å². The lowest BCUT2D eigenvalue weighted by Crippen LogP contribution is -2.46. The first-order valence-electron chi connectivity index (χ1n) is 6.25. The maximum Gasteiger partial charge on any atom is 0.325 e. The van der Waals surface area contributed by atoms with E-state index in [9.17, 15) is 14.3 Å². The fourth-order valence-corrected chi connectivity index (χ4v) is 3.56. The minimum atomic E-state index is -0.851. The molecule has 1 unspecified atom stereocenters. The van der Waals surface area contributed by atoms with Crippen molar-refractivity contribution in [1.29, 1.82) is 0 Å². The van der Waals surface area contributed by atoms with Crippen LogP contribution in [-0.2, 0) is 4.79 Å². The van der Waals surface area contributed by atoms with Crippen molar-refractivity contribution in [3.8, 4) is 0 Å². The van der Waals surface area contributed by atoms with Crippen molar-refractivity contribution < 1.29 is 14.3 Å². The van der Waals surface area contributed by atoms with Crippen LogP contribution in [0.25, 0.3) is 0 Å². The number of aliphatic carboxylic acids is 1. The van der Waals surface area contributed by atoms with Crippen LogP contribution in [0.5, 0.6) is 0 Å². The molecule has 0 spiro atoms. The molecule has 3 fully saturated rings. The molecule has 1 aromatic rings. The zero-order chi connectivity index (χ0) is 12.9. The monoisotopic (exact) mass is 249 g/mol. The Morgan fingerprint density at radius 1 is 1.44 bits per heavy atom. The minimum absolute atomic E-state index is 0.0160. The molecule has 3 nitrogen and oxygen atoms in total. The number of carbonyl (C=O) groups is 1. The van der Waals surface area contributed by atoms with Crippen molar-refractivity contribution >= 4 is 5.97 Å². The molecule has 2 bridgehead atoms. The molecule has 4 heteroatoms. The fourth-order valence-electron chi connectivity index (χ4n) is 3.56. The molecule has 1 aromatic carbocycles. The van der Waals surface area contributed by atoms with Gasteiger partial charge in [-0.2, -0.15) is 0 Å². The van der Waals surface area contributed by atoms with Gasteiger partial charge in [0.25, 0.3) is 0 Å². The summed E-state index contributed by atoms with van der Waals surface area (Å²) in [6, 6.07) is 5.16. The molecule has 0 radical (unpaired) electrons. The van der Waals surface area contributed by atoms with Gasteiger partial charge in [-0.25, -0.2) is 4.39 Å². The number of fused-ring (bicyclic) bond motifs is 1. The second kappa shape index (κ2) is 3.79. The van der Waals surface area contributed by atoms with Gasteiger partial charge in [-0.3, -0.25) is 9.69 Å². The van der Waals surface area contributed by atoms with Crippen LogP contribution in [0.2, 0.25) is 0 Å². The number of hydrogen-bond acceptors (Lipinski definition) is 2. The Balaban J connectivity index is 1.94. The highest BCUT2D eigenvalue weighted by Crippen LogP contribution is 2.53. The third-order valence-electron chi connectivity index (χ3n) is 4.34. The molecule has 1 aliphatic carbocycles. The molecule has 96 valence electrons. The zero-order valence-electron chi connectivity index (χ0n) is 10.3. The molecule has 1 saturated carbocycles. The molecular formula is C14H16FNO2. The van der Waals surface area contributed by atoms with Gasteiger partial charge in [-0.1, -0.05) is 12.1 Å². The minimum Gasteiger partial charge on any atom is -0.480 e. The van der Waals surface area contributed by atoms with Crippen LogP contribution in [0.3, 0.4) is 0 Å². The third kappa shape index (κ3) is 1.63. The normalized spacial score (nSPS) is 32.0. The summed E-state index contributed by atoms with van der Waals surface area (Å²) in [6.07, 6.45) is 2.16. The molecule has 0 aromatic heterocycles. The van der Waals surface area contributed by atoms with Crippen molar-refractivity contribution in [3.05, 3.63) is 35.6 Å². The predicted octanol–water partition coefficient (Wildman–Crippen LogP) is 2.44. The van der Waals surface area contributed by atoms with Crippen molar-refractivity contribution in [2.75, 3.05) is 6.54 Å². The van der Waals surface area contributed by atoms with E-state index < -0.39 is 12.0 Å². The SMILES string of the molecule is CC12CC(CN1C(C(=O)O)c1ccc(F)cc1)C2. The van der Waals surface area contributed by atoms with E-state index in [0.717, 1.165) is 19.4 Å². The Labute approximate surface area is 105 Å². The van der Waals surface area contributed by atoms with E-state index in [1.807, 2.05) is 0 Å². The smallest absolute Gasteiger partial charge is 0.325 e. The second-order valence-corrected chi connectivity index (χ2v) is 5.72. The quantitative estimate of drug-likeness (QED) is 0.894. The topological polar surface area (TPSA) is 40.5 Å². The van der Waals surface area contributed by atoms with Crippen molar-refractivity contribution in [3.63, 3.8) is 0 Å². The predicted molar refractivity (Wildman–Crippen MR) is 64.6 cm³/mol. The summed E-state index contributed by atoms with van der Waals surface area (Å²) < 4.78 is 12.9. The van der Waals surface area contributed by atoms with Crippen molar-refractivity contribution in [2.24, 2.45) is 5.92 Å². The Hall–Kier alpha value is -1.42. The van der Waals surface area contributed by atoms with E-state index >= 15 is 0 Å². The summed E-state index contributed by atoms with van der Waals surface area (Å²) in [7, 11) is 0. The standard InChI is InChI=1S/C14H16FNO2/c1-14-6-9(7-14)8-16(14)12(13(17)18)10-2-4-11(15)5-3-10/h2-5,9,12H,6-8H2,1H3,(H,17,18). The van der Waals surface area contributed by atoms with Gasteiger partial charge in [0, 0.05) is 12.1 Å². The Morgan fingerprint density at radius 3 is 2.50 bits per heavy atom. The Bertz CT molecular complexity index is 479. The van der Waals surface area contributed by atoms with Gasteiger partial charge in [0.2, 0.25) is 0 Å². The first kappa shape index (κ1) is 11.7. The van der Waals surface area contributed by atoms with Crippen LogP contribution >= 0.6 is 0 Å². The molecule has 2 aliphatic heterocycles. The van der Waals surface area contributed by atoms with Crippen LogP contribution in [-0.4, -0.2) is 28.1 Å². The summed E-state index contributed by atoms with van der Waals surface area (Å²) in [6.45, 7) is 2.96. The largest absolute Gasteiger partial charge is 0.480 e. The van der Waals surface area contributed by atoms with Crippen LogP contribution in [0.15, 0.2) is 24.3 Å². The van der Waals surface area contributed by atoms with Gasteiger partial charge in [0.1, 0.15) is 11.9 Å². The molecule has 3 aliphatic rings. The average molecular weight is 249 g/mol. The van der Waals surface area contributed by atoms with E-state index in [4.69, 9.17) is 0 Å². The lowest BCUT2D eigenvalue weighted by molar-refractivity contribution is -0.145. The van der Waals surface area contributed by atoms with Crippen LogP contribution < -0.4 is 0 Å². The molecule has 4 rings (SSSR count). The maximum atomic E-state index is 12.9. The van der Waals surface area contributed by atoms with E-state index in [2.05, 4.69) is 11.8 Å². The second-order valence-electron chi connectivity index (χ2n) is 5.72. The van der Waals surface area contributed by atoms with E-state index in [-0.39, 0.29) is 11.4 Å². The molecule has 1 N–H and O–H groups in total. The fraction of sp³-hybridized carbons (Fsp3) is 0.500. The Kier molecular flexibility index (Phi) is 2.45. The number of hydrogen-bond donors (Lipinski definition) is 1. The summed E-state index contributed by atoms with van der Waals surface area (Å²) in [4.78, 5) is 13.6. The maximum absolute atomic E-state index is 12.9. The van der Waals surface area contributed by atoms with Gasteiger partial charge in [0.05, 0.1) is 0 Å². The summed E-state index contributed by atoms with van der Waals surface area (Å²) in [5, 5.41) is 9.47. The number of carboxylic acids is 1.